The zero-order chi connectivity index (χ0) is 34.2. The summed E-state index contributed by atoms with van der Waals surface area (Å²) in [6.45, 7) is 9.95. The average molecular weight is 673 g/mol. The van der Waals surface area contributed by atoms with E-state index in [1.54, 1.807) is 11.8 Å². The molecular formula is C40H53BO6S. The zero-order valence-corrected chi connectivity index (χ0v) is 30.1. The summed E-state index contributed by atoms with van der Waals surface area (Å²) < 4.78 is 23.5. The van der Waals surface area contributed by atoms with E-state index >= 15 is 0 Å². The van der Waals surface area contributed by atoms with Gasteiger partial charge >= 0.3 is 19.1 Å². The second-order valence-electron chi connectivity index (χ2n) is 13.8. The second-order valence-corrected chi connectivity index (χ2v) is 15.1. The maximum absolute atomic E-state index is 14.1. The van der Waals surface area contributed by atoms with Crippen molar-refractivity contribution in [2.24, 2.45) is 5.41 Å². The second kappa shape index (κ2) is 19.2. The smallest absolute Gasteiger partial charge is 0.466 e. The van der Waals surface area contributed by atoms with Gasteiger partial charge in [-0.25, -0.2) is 0 Å². The number of rotatable bonds is 20. The molecule has 6 nitrogen and oxygen atoms in total. The van der Waals surface area contributed by atoms with E-state index in [0.717, 1.165) is 43.1 Å². The maximum Gasteiger partial charge on any atom is 0.494 e. The lowest BCUT2D eigenvalue weighted by Gasteiger charge is -2.38. The van der Waals surface area contributed by atoms with Crippen molar-refractivity contribution in [2.75, 3.05) is 25.6 Å². The molecule has 3 aromatic carbocycles. The summed E-state index contributed by atoms with van der Waals surface area (Å²) in [6, 6.07) is 30.7. The van der Waals surface area contributed by atoms with E-state index in [1.807, 2.05) is 54.6 Å². The Kier molecular flexibility index (Phi) is 15.1. The molecule has 3 atom stereocenters. The molecule has 0 N–H and O–H groups in total. The lowest BCUT2D eigenvalue weighted by molar-refractivity contribution is -0.157. The molecule has 3 unspecified atom stereocenters. The number of hydrogen-bond acceptors (Lipinski definition) is 7. The van der Waals surface area contributed by atoms with Crippen LogP contribution in [0.3, 0.4) is 0 Å². The molecule has 1 saturated heterocycles. The Morgan fingerprint density at radius 3 is 2.21 bits per heavy atom. The summed E-state index contributed by atoms with van der Waals surface area (Å²) in [5.41, 5.74) is 2.34. The van der Waals surface area contributed by atoms with Crippen LogP contribution in [-0.2, 0) is 33.8 Å². The van der Waals surface area contributed by atoms with Gasteiger partial charge in [0.2, 0.25) is 0 Å². The summed E-state index contributed by atoms with van der Waals surface area (Å²) in [7, 11) is -0.315. The van der Waals surface area contributed by atoms with Gasteiger partial charge in [0.1, 0.15) is 0 Å². The van der Waals surface area contributed by atoms with Gasteiger partial charge in [-0.1, -0.05) is 118 Å². The van der Waals surface area contributed by atoms with Crippen LogP contribution < -0.4 is 5.46 Å². The molecule has 8 heteroatoms. The van der Waals surface area contributed by atoms with E-state index in [1.165, 1.54) is 5.56 Å². The highest BCUT2D eigenvalue weighted by molar-refractivity contribution is 7.99. The number of thioether (sulfide) groups is 1. The van der Waals surface area contributed by atoms with Crippen LogP contribution in [0, 0.1) is 5.41 Å². The SMILES string of the molecule is CCCCOC(=O)CCSC(CC(C)(CC(C)(C)c1ccccc1)C(=O)OCCCCC1COB(c2ccccc2)O1)c1ccccc1. The topological polar surface area (TPSA) is 71.1 Å². The quantitative estimate of drug-likeness (QED) is 0.0678. The number of unbranched alkanes of at least 4 members (excludes halogenated alkanes) is 2. The Bertz CT molecular complexity index is 1370. The maximum atomic E-state index is 14.1. The predicted octanol–water partition coefficient (Wildman–Crippen LogP) is 8.48. The van der Waals surface area contributed by atoms with Crippen LogP contribution in [0.4, 0.5) is 0 Å². The molecule has 1 fully saturated rings. The number of hydrogen-bond donors (Lipinski definition) is 0. The number of carbonyl (C=O) groups is 2. The summed E-state index contributed by atoms with van der Waals surface area (Å²) in [5.74, 6) is 0.285. The lowest BCUT2D eigenvalue weighted by Crippen LogP contribution is -2.38. The van der Waals surface area contributed by atoms with Crippen molar-refractivity contribution in [3.63, 3.8) is 0 Å². The molecule has 0 saturated carbocycles. The Morgan fingerprint density at radius 1 is 0.875 bits per heavy atom. The Hall–Kier alpha value is -3.07. The molecule has 1 aliphatic rings. The van der Waals surface area contributed by atoms with E-state index < -0.39 is 5.41 Å². The fourth-order valence-corrected chi connectivity index (χ4v) is 7.83. The first-order valence-electron chi connectivity index (χ1n) is 17.6. The van der Waals surface area contributed by atoms with E-state index in [9.17, 15) is 9.59 Å². The molecule has 0 aromatic heterocycles. The standard InChI is InChI=1S/C40H53BO6S/c1-5-6-26-44-37(42)25-28-48-36(32-18-10-7-11-19-32)29-40(4,31-39(2,3)33-20-12-8-13-21-33)38(43)45-27-17-16-24-35-30-46-41(47-35)34-22-14-9-15-23-34/h7-15,18-23,35-36H,5-6,16-17,24-31H2,1-4H3. The van der Waals surface area contributed by atoms with Gasteiger partial charge in [0.15, 0.2) is 0 Å². The first kappa shape index (κ1) is 37.7. The number of ether oxygens (including phenoxy) is 2. The van der Waals surface area contributed by atoms with Gasteiger partial charge in [0.05, 0.1) is 37.8 Å². The Balaban J connectivity index is 1.39. The van der Waals surface area contributed by atoms with Gasteiger partial charge in [0.25, 0.3) is 0 Å². The average Bonchev–Trinajstić information content (AvgIpc) is 3.58. The van der Waals surface area contributed by atoms with E-state index in [0.29, 0.717) is 44.8 Å². The van der Waals surface area contributed by atoms with E-state index in [-0.39, 0.29) is 35.8 Å². The minimum atomic E-state index is -0.764. The van der Waals surface area contributed by atoms with Crippen LogP contribution in [0.15, 0.2) is 91.0 Å². The van der Waals surface area contributed by atoms with Gasteiger partial charge < -0.3 is 18.8 Å². The molecule has 0 aliphatic carbocycles. The molecule has 1 heterocycles. The molecule has 258 valence electrons. The monoisotopic (exact) mass is 672 g/mol. The number of carbonyl (C=O) groups excluding carboxylic acids is 2. The molecule has 4 rings (SSSR count). The third kappa shape index (κ3) is 11.8. The molecule has 0 radical (unpaired) electrons. The third-order valence-electron chi connectivity index (χ3n) is 9.05. The zero-order valence-electron chi connectivity index (χ0n) is 29.2. The highest BCUT2D eigenvalue weighted by Crippen LogP contribution is 2.47. The van der Waals surface area contributed by atoms with Crippen molar-refractivity contribution in [3.05, 3.63) is 102 Å². The molecule has 0 amide bonds. The van der Waals surface area contributed by atoms with Crippen molar-refractivity contribution in [1.82, 2.24) is 0 Å². The molecule has 1 aliphatic heterocycles. The van der Waals surface area contributed by atoms with Gasteiger partial charge in [-0.2, -0.15) is 11.8 Å². The van der Waals surface area contributed by atoms with Gasteiger partial charge in [-0.3, -0.25) is 9.59 Å². The summed E-state index contributed by atoms with van der Waals surface area (Å²) >= 11 is 1.72. The minimum Gasteiger partial charge on any atom is -0.466 e. The number of esters is 2. The molecule has 48 heavy (non-hydrogen) atoms. The van der Waals surface area contributed by atoms with Crippen LogP contribution in [0.5, 0.6) is 0 Å². The Morgan fingerprint density at radius 2 is 1.52 bits per heavy atom. The normalized spacial score (nSPS) is 16.7. The van der Waals surface area contributed by atoms with Crippen molar-refractivity contribution < 1.29 is 28.4 Å². The van der Waals surface area contributed by atoms with E-state index in [2.05, 4.69) is 64.1 Å². The highest BCUT2D eigenvalue weighted by Gasteiger charge is 2.43. The number of benzene rings is 3. The summed E-state index contributed by atoms with van der Waals surface area (Å²) in [6.07, 6.45) is 5.96. The van der Waals surface area contributed by atoms with Crippen LogP contribution >= 0.6 is 11.8 Å². The Labute approximate surface area is 292 Å². The lowest BCUT2D eigenvalue weighted by atomic mass is 9.68. The predicted molar refractivity (Wildman–Crippen MR) is 196 cm³/mol. The molecule has 3 aromatic rings. The van der Waals surface area contributed by atoms with Crippen LogP contribution in [0.25, 0.3) is 0 Å². The third-order valence-corrected chi connectivity index (χ3v) is 10.3. The summed E-state index contributed by atoms with van der Waals surface area (Å²) in [4.78, 5) is 26.5. The van der Waals surface area contributed by atoms with Crippen LogP contribution in [0.1, 0.15) is 95.4 Å². The molecular weight excluding hydrogens is 619 g/mol. The molecule has 0 bridgehead atoms. The van der Waals surface area contributed by atoms with Crippen LogP contribution in [0.2, 0.25) is 0 Å². The largest absolute Gasteiger partial charge is 0.494 e. The first-order chi connectivity index (χ1) is 23.2. The highest BCUT2D eigenvalue weighted by atomic mass is 32.2. The molecule has 0 spiro atoms. The fourth-order valence-electron chi connectivity index (χ4n) is 6.43. The van der Waals surface area contributed by atoms with Gasteiger partial charge in [-0.15, -0.1) is 0 Å². The van der Waals surface area contributed by atoms with E-state index in [4.69, 9.17) is 18.8 Å². The fraction of sp³-hybridized carbons (Fsp3) is 0.500. The van der Waals surface area contributed by atoms with Crippen molar-refractivity contribution >= 4 is 36.3 Å². The van der Waals surface area contributed by atoms with Gasteiger partial charge in [0, 0.05) is 11.0 Å². The minimum absolute atomic E-state index is 0.0100. The van der Waals surface area contributed by atoms with Crippen molar-refractivity contribution in [1.29, 1.82) is 0 Å². The van der Waals surface area contributed by atoms with Crippen molar-refractivity contribution in [3.8, 4) is 0 Å². The first-order valence-corrected chi connectivity index (χ1v) is 18.6. The van der Waals surface area contributed by atoms with Crippen LogP contribution in [-0.4, -0.2) is 50.7 Å². The summed E-state index contributed by atoms with van der Waals surface area (Å²) in [5, 5.41) is 0.0100. The van der Waals surface area contributed by atoms with Gasteiger partial charge in [-0.05, 0) is 67.5 Å². The van der Waals surface area contributed by atoms with Crippen molar-refractivity contribution in [2.45, 2.75) is 95.8 Å².